The highest BCUT2D eigenvalue weighted by Crippen LogP contribution is 2.35. The third kappa shape index (κ3) is 4.33. The number of benzene rings is 2. The minimum Gasteiger partial charge on any atom is -0.423 e. The molecule has 1 N–H and O–H groups in total. The van der Waals surface area contributed by atoms with Gasteiger partial charge in [-0.15, -0.1) is 0 Å². The van der Waals surface area contributed by atoms with Gasteiger partial charge < -0.3 is 15.0 Å². The van der Waals surface area contributed by atoms with Gasteiger partial charge in [0.25, 0.3) is 0 Å². The van der Waals surface area contributed by atoms with Gasteiger partial charge in [0, 0.05) is 0 Å². The maximum Gasteiger partial charge on any atom is 0.416 e. The molecule has 0 bridgehead atoms. The fraction of sp³-hybridized carbons (Fsp3) is 0.222. The summed E-state index contributed by atoms with van der Waals surface area (Å²) >= 11 is 5.89. The van der Waals surface area contributed by atoms with E-state index in [-0.39, 0.29) is 23.8 Å². The molecule has 5 nitrogen and oxygen atoms in total. The predicted octanol–water partition coefficient (Wildman–Crippen LogP) is 4.03. The van der Waals surface area contributed by atoms with Crippen LogP contribution in [0.2, 0.25) is 5.02 Å². The summed E-state index contributed by atoms with van der Waals surface area (Å²) in [6, 6.07) is 7.84. The summed E-state index contributed by atoms with van der Waals surface area (Å²) in [7, 11) is 0. The van der Waals surface area contributed by atoms with Crippen LogP contribution in [0.5, 0.6) is 5.75 Å². The van der Waals surface area contributed by atoms with Gasteiger partial charge in [-0.3, -0.25) is 4.79 Å². The lowest BCUT2D eigenvalue weighted by atomic mass is 10.1. The van der Waals surface area contributed by atoms with Gasteiger partial charge in [0.15, 0.2) is 5.75 Å². The van der Waals surface area contributed by atoms with Crippen LogP contribution in [0, 0.1) is 6.92 Å². The molecule has 0 spiro atoms. The van der Waals surface area contributed by atoms with E-state index in [1.807, 2.05) is 6.92 Å². The first-order chi connectivity index (χ1) is 12.6. The Kier molecular flexibility index (Phi) is 5.01. The molecule has 1 aliphatic rings. The van der Waals surface area contributed by atoms with E-state index >= 15 is 0 Å². The lowest BCUT2D eigenvalue weighted by Crippen LogP contribution is -2.41. The van der Waals surface area contributed by atoms with E-state index in [1.54, 1.807) is 18.2 Å². The Balaban J connectivity index is 1.78. The average molecular weight is 399 g/mol. The molecule has 27 heavy (non-hydrogen) atoms. The predicted molar refractivity (Wildman–Crippen MR) is 94.1 cm³/mol. The van der Waals surface area contributed by atoms with E-state index in [0.29, 0.717) is 11.4 Å². The van der Waals surface area contributed by atoms with E-state index < -0.39 is 23.6 Å². The fourth-order valence-electron chi connectivity index (χ4n) is 2.66. The molecule has 0 fully saturated rings. The molecule has 0 saturated heterocycles. The van der Waals surface area contributed by atoms with Gasteiger partial charge in [0.05, 0.1) is 28.5 Å². The van der Waals surface area contributed by atoms with Crippen molar-refractivity contribution in [3.05, 3.63) is 52.5 Å². The number of ether oxygens (including phenoxy) is 1. The van der Waals surface area contributed by atoms with Crippen molar-refractivity contribution in [3.8, 4) is 5.75 Å². The Bertz CT molecular complexity index is 915. The number of hydrogen-bond acceptors (Lipinski definition) is 4. The molecule has 0 aliphatic carbocycles. The second-order valence-corrected chi connectivity index (χ2v) is 6.45. The number of amides is 1. The molecule has 0 unspecified atom stereocenters. The van der Waals surface area contributed by atoms with Crippen LogP contribution in [-0.2, 0) is 15.8 Å². The van der Waals surface area contributed by atoms with Gasteiger partial charge in [-0.2, -0.15) is 13.2 Å². The van der Waals surface area contributed by atoms with Crippen LogP contribution in [0.4, 0.5) is 24.5 Å². The molecule has 1 heterocycles. The zero-order valence-electron chi connectivity index (χ0n) is 14.1. The van der Waals surface area contributed by atoms with E-state index in [2.05, 4.69) is 5.32 Å². The van der Waals surface area contributed by atoms with Crippen molar-refractivity contribution >= 4 is 34.9 Å². The molecule has 0 radical (unpaired) electrons. The van der Waals surface area contributed by atoms with E-state index in [4.69, 9.17) is 16.3 Å². The number of esters is 1. The smallest absolute Gasteiger partial charge is 0.416 e. The van der Waals surface area contributed by atoms with Gasteiger partial charge in [0.2, 0.25) is 5.91 Å². The molecule has 3 rings (SSSR count). The van der Waals surface area contributed by atoms with E-state index in [1.165, 1.54) is 4.90 Å². The number of hydrogen-bond donors (Lipinski definition) is 1. The van der Waals surface area contributed by atoms with Gasteiger partial charge >= 0.3 is 12.1 Å². The van der Waals surface area contributed by atoms with Crippen molar-refractivity contribution < 1.29 is 27.5 Å². The Labute approximate surface area is 157 Å². The number of aryl methyl sites for hydroxylation is 1. The number of rotatable bonds is 3. The van der Waals surface area contributed by atoms with Crippen molar-refractivity contribution in [1.82, 2.24) is 0 Å². The lowest BCUT2D eigenvalue weighted by molar-refractivity contribution is -0.137. The molecule has 9 heteroatoms. The SMILES string of the molecule is Cc1ccc2c(c1)OC(=O)CN2CC(=O)Nc1cc(C(F)(F)F)ccc1Cl. The van der Waals surface area contributed by atoms with Crippen LogP contribution in [-0.4, -0.2) is 25.0 Å². The van der Waals surface area contributed by atoms with Crippen LogP contribution in [0.1, 0.15) is 11.1 Å². The molecule has 1 amide bonds. The number of anilines is 2. The van der Waals surface area contributed by atoms with E-state index in [9.17, 15) is 22.8 Å². The number of fused-ring (bicyclic) bond motifs is 1. The third-order valence-electron chi connectivity index (χ3n) is 3.90. The summed E-state index contributed by atoms with van der Waals surface area (Å²) in [5.41, 5.74) is 0.346. The molecule has 2 aromatic carbocycles. The number of carbonyl (C=O) groups excluding carboxylic acids is 2. The Morgan fingerprint density at radius 2 is 2.00 bits per heavy atom. The van der Waals surface area contributed by atoms with Crippen LogP contribution in [0.25, 0.3) is 0 Å². The first-order valence-electron chi connectivity index (χ1n) is 7.86. The van der Waals surface area contributed by atoms with Crippen LogP contribution in [0.3, 0.4) is 0 Å². The normalized spacial score (nSPS) is 13.8. The molecule has 142 valence electrons. The summed E-state index contributed by atoms with van der Waals surface area (Å²) in [5.74, 6) is -0.813. The quantitative estimate of drug-likeness (QED) is 0.626. The van der Waals surface area contributed by atoms with Gasteiger partial charge in [-0.25, -0.2) is 4.79 Å². The number of halogens is 4. The van der Waals surface area contributed by atoms with Crippen molar-refractivity contribution in [2.75, 3.05) is 23.3 Å². The second kappa shape index (κ2) is 7.11. The molecule has 0 aromatic heterocycles. The van der Waals surface area contributed by atoms with Crippen LogP contribution in [0.15, 0.2) is 36.4 Å². The molecule has 2 aromatic rings. The monoisotopic (exact) mass is 398 g/mol. The van der Waals surface area contributed by atoms with Crippen LogP contribution >= 0.6 is 11.6 Å². The summed E-state index contributed by atoms with van der Waals surface area (Å²) < 4.78 is 43.7. The van der Waals surface area contributed by atoms with Crippen LogP contribution < -0.4 is 15.0 Å². The highest BCUT2D eigenvalue weighted by atomic mass is 35.5. The van der Waals surface area contributed by atoms with Gasteiger partial charge in [-0.05, 0) is 42.8 Å². The number of alkyl halides is 3. The maximum absolute atomic E-state index is 12.8. The average Bonchev–Trinajstić information content (AvgIpc) is 2.55. The zero-order chi connectivity index (χ0) is 19.8. The Hall–Kier alpha value is -2.74. The highest BCUT2D eigenvalue weighted by molar-refractivity contribution is 6.33. The molecular weight excluding hydrogens is 385 g/mol. The summed E-state index contributed by atoms with van der Waals surface area (Å²) in [4.78, 5) is 25.6. The molecule has 1 aliphatic heterocycles. The Morgan fingerprint density at radius 1 is 1.26 bits per heavy atom. The van der Waals surface area contributed by atoms with Crippen molar-refractivity contribution in [2.24, 2.45) is 0 Å². The van der Waals surface area contributed by atoms with E-state index in [0.717, 1.165) is 23.8 Å². The number of nitrogens with one attached hydrogen (secondary N) is 1. The van der Waals surface area contributed by atoms with Crippen molar-refractivity contribution in [2.45, 2.75) is 13.1 Å². The highest BCUT2D eigenvalue weighted by Gasteiger charge is 2.31. The molecule has 0 saturated carbocycles. The first kappa shape index (κ1) is 19.0. The third-order valence-corrected chi connectivity index (χ3v) is 4.23. The Morgan fingerprint density at radius 3 is 2.70 bits per heavy atom. The fourth-order valence-corrected chi connectivity index (χ4v) is 2.83. The topological polar surface area (TPSA) is 58.6 Å². The maximum atomic E-state index is 12.8. The van der Waals surface area contributed by atoms with Crippen molar-refractivity contribution in [3.63, 3.8) is 0 Å². The molecular formula is C18H14ClF3N2O3. The summed E-state index contributed by atoms with van der Waals surface area (Å²) in [5, 5.41) is 2.34. The second-order valence-electron chi connectivity index (χ2n) is 6.04. The summed E-state index contributed by atoms with van der Waals surface area (Å²) in [6.07, 6.45) is -4.56. The minimum absolute atomic E-state index is 0.0228. The number of carbonyl (C=O) groups is 2. The standard InChI is InChI=1S/C18H14ClF3N2O3/c1-10-2-5-14-15(6-10)27-17(26)9-24(14)8-16(25)23-13-7-11(18(20,21)22)3-4-12(13)19/h2-7H,8-9H2,1H3,(H,23,25). The molecule has 0 atom stereocenters. The lowest BCUT2D eigenvalue weighted by Gasteiger charge is -2.29. The van der Waals surface area contributed by atoms with Gasteiger partial charge in [-0.1, -0.05) is 17.7 Å². The van der Waals surface area contributed by atoms with Gasteiger partial charge in [0.1, 0.15) is 6.54 Å². The zero-order valence-corrected chi connectivity index (χ0v) is 14.8. The minimum atomic E-state index is -4.56. The largest absolute Gasteiger partial charge is 0.423 e. The van der Waals surface area contributed by atoms with Crippen molar-refractivity contribution in [1.29, 1.82) is 0 Å². The number of nitrogens with zero attached hydrogens (tertiary/aromatic N) is 1. The first-order valence-corrected chi connectivity index (χ1v) is 8.24. The summed E-state index contributed by atoms with van der Waals surface area (Å²) in [6.45, 7) is 1.42.